The van der Waals surface area contributed by atoms with Crippen LogP contribution >= 0.6 is 22.6 Å². The standard InChI is InChI=1S/C5H8IN3O2S/c1-8(2)12(10,11)9-4-3-7-5(9)6/h3-4H,1-2H3. The van der Waals surface area contributed by atoms with Crippen molar-refractivity contribution >= 4 is 32.8 Å². The van der Waals surface area contributed by atoms with Crippen molar-refractivity contribution in [2.75, 3.05) is 14.1 Å². The monoisotopic (exact) mass is 301 g/mol. The average molecular weight is 301 g/mol. The molecule has 5 nitrogen and oxygen atoms in total. The van der Waals surface area contributed by atoms with Crippen LogP contribution < -0.4 is 0 Å². The van der Waals surface area contributed by atoms with Gasteiger partial charge in [-0.05, 0) is 0 Å². The first kappa shape index (κ1) is 9.93. The summed E-state index contributed by atoms with van der Waals surface area (Å²) in [5.41, 5.74) is 0. The highest BCUT2D eigenvalue weighted by molar-refractivity contribution is 14.1. The smallest absolute Gasteiger partial charge is 0.231 e. The Morgan fingerprint density at radius 2 is 2.17 bits per heavy atom. The summed E-state index contributed by atoms with van der Waals surface area (Å²) < 4.78 is 25.6. The Kier molecular flexibility index (Phi) is 2.74. The van der Waals surface area contributed by atoms with E-state index >= 15 is 0 Å². The molecule has 0 spiro atoms. The van der Waals surface area contributed by atoms with E-state index in [0.717, 1.165) is 8.28 Å². The maximum Gasteiger partial charge on any atom is 0.309 e. The molecule has 1 heterocycles. The van der Waals surface area contributed by atoms with Crippen LogP contribution in [0.3, 0.4) is 0 Å². The van der Waals surface area contributed by atoms with Crippen molar-refractivity contribution in [3.8, 4) is 0 Å². The molecule has 0 atom stereocenters. The van der Waals surface area contributed by atoms with Crippen LogP contribution in [0.2, 0.25) is 0 Å². The predicted molar refractivity (Wildman–Crippen MR) is 52.9 cm³/mol. The molecule has 1 aromatic rings. The maximum absolute atomic E-state index is 11.5. The summed E-state index contributed by atoms with van der Waals surface area (Å²) in [7, 11) is -0.429. The molecule has 68 valence electrons. The van der Waals surface area contributed by atoms with E-state index in [9.17, 15) is 8.42 Å². The van der Waals surface area contributed by atoms with E-state index in [-0.39, 0.29) is 0 Å². The van der Waals surface area contributed by atoms with Gasteiger partial charge in [0.1, 0.15) is 0 Å². The molecule has 0 N–H and O–H groups in total. The molecule has 0 aliphatic carbocycles. The minimum atomic E-state index is -3.38. The van der Waals surface area contributed by atoms with E-state index in [1.54, 1.807) is 0 Å². The van der Waals surface area contributed by atoms with Gasteiger partial charge in [-0.15, -0.1) is 0 Å². The summed E-state index contributed by atoms with van der Waals surface area (Å²) in [6.07, 6.45) is 2.86. The normalized spacial score (nSPS) is 12.3. The zero-order valence-corrected chi connectivity index (χ0v) is 9.57. The topological polar surface area (TPSA) is 55.2 Å². The molecule has 0 saturated carbocycles. The minimum absolute atomic E-state index is 0.432. The SMILES string of the molecule is CN(C)S(=O)(=O)n1ccnc1I. The van der Waals surface area contributed by atoms with Gasteiger partial charge in [-0.25, -0.2) is 8.96 Å². The van der Waals surface area contributed by atoms with Crippen LogP contribution in [0.25, 0.3) is 0 Å². The summed E-state index contributed by atoms with van der Waals surface area (Å²) in [6.45, 7) is 0. The number of imidazole rings is 1. The molecule has 1 rings (SSSR count). The lowest BCUT2D eigenvalue weighted by Gasteiger charge is -2.11. The number of aromatic nitrogens is 2. The molecule has 0 saturated heterocycles. The van der Waals surface area contributed by atoms with E-state index in [1.165, 1.54) is 26.5 Å². The van der Waals surface area contributed by atoms with Crippen molar-refractivity contribution in [1.29, 1.82) is 0 Å². The Morgan fingerprint density at radius 3 is 2.50 bits per heavy atom. The average Bonchev–Trinajstić information content (AvgIpc) is 2.35. The number of halogens is 1. The largest absolute Gasteiger partial charge is 0.309 e. The van der Waals surface area contributed by atoms with Gasteiger partial charge in [-0.1, -0.05) is 0 Å². The van der Waals surface area contributed by atoms with E-state index < -0.39 is 10.2 Å². The van der Waals surface area contributed by atoms with Crippen LogP contribution in [0, 0.1) is 3.83 Å². The van der Waals surface area contributed by atoms with Gasteiger partial charge < -0.3 is 0 Å². The predicted octanol–water partition coefficient (Wildman–Crippen LogP) is 0.142. The first-order chi connectivity index (χ1) is 5.46. The summed E-state index contributed by atoms with van der Waals surface area (Å²) in [4.78, 5) is 3.81. The maximum atomic E-state index is 11.5. The molecule has 0 bridgehead atoms. The second kappa shape index (κ2) is 3.30. The quantitative estimate of drug-likeness (QED) is 0.730. The van der Waals surface area contributed by atoms with Crippen molar-refractivity contribution in [2.45, 2.75) is 0 Å². The third kappa shape index (κ3) is 1.62. The molecule has 0 aliphatic heterocycles. The molecule has 0 fully saturated rings. The zero-order chi connectivity index (χ0) is 9.35. The number of hydrogen-bond acceptors (Lipinski definition) is 3. The summed E-state index contributed by atoms with van der Waals surface area (Å²) in [5.74, 6) is 0. The van der Waals surface area contributed by atoms with Crippen LogP contribution in [0.15, 0.2) is 12.4 Å². The van der Waals surface area contributed by atoms with E-state index in [2.05, 4.69) is 4.98 Å². The number of nitrogens with zero attached hydrogens (tertiary/aromatic N) is 3. The van der Waals surface area contributed by atoms with Crippen LogP contribution in [0.1, 0.15) is 0 Å². The van der Waals surface area contributed by atoms with E-state index in [0.29, 0.717) is 3.83 Å². The second-order valence-electron chi connectivity index (χ2n) is 2.28. The molecule has 1 aromatic heterocycles. The van der Waals surface area contributed by atoms with Crippen LogP contribution in [0.5, 0.6) is 0 Å². The van der Waals surface area contributed by atoms with Crippen molar-refractivity contribution < 1.29 is 8.42 Å². The second-order valence-corrected chi connectivity index (χ2v) is 5.27. The highest BCUT2D eigenvalue weighted by Crippen LogP contribution is 2.07. The Balaban J connectivity index is 3.24. The minimum Gasteiger partial charge on any atom is -0.231 e. The third-order valence-corrected chi connectivity index (χ3v) is 4.12. The molecule has 7 heteroatoms. The fourth-order valence-electron chi connectivity index (χ4n) is 0.622. The molecular weight excluding hydrogens is 293 g/mol. The summed E-state index contributed by atoms with van der Waals surface area (Å²) in [5, 5.41) is 0. The zero-order valence-electron chi connectivity index (χ0n) is 6.60. The van der Waals surface area contributed by atoms with Gasteiger partial charge in [0, 0.05) is 49.1 Å². The van der Waals surface area contributed by atoms with Gasteiger partial charge in [0.05, 0.1) is 0 Å². The van der Waals surface area contributed by atoms with Crippen LogP contribution in [-0.2, 0) is 10.2 Å². The first-order valence-electron chi connectivity index (χ1n) is 3.08. The highest BCUT2D eigenvalue weighted by atomic mass is 127. The molecule has 0 aliphatic rings. The fraction of sp³-hybridized carbons (Fsp3) is 0.400. The first-order valence-corrected chi connectivity index (χ1v) is 5.55. The van der Waals surface area contributed by atoms with Gasteiger partial charge in [0.15, 0.2) is 3.83 Å². The van der Waals surface area contributed by atoms with Gasteiger partial charge in [-0.2, -0.15) is 12.7 Å². The Labute approximate surface area is 84.7 Å². The lowest BCUT2D eigenvalue weighted by molar-refractivity contribution is 0.509. The van der Waals surface area contributed by atoms with Crippen molar-refractivity contribution in [3.63, 3.8) is 0 Å². The molecule has 0 aromatic carbocycles. The number of hydrogen-bond donors (Lipinski definition) is 0. The van der Waals surface area contributed by atoms with Crippen molar-refractivity contribution in [2.24, 2.45) is 0 Å². The van der Waals surface area contributed by atoms with Gasteiger partial charge in [0.2, 0.25) is 0 Å². The summed E-state index contributed by atoms with van der Waals surface area (Å²) in [6, 6.07) is 0. The third-order valence-electron chi connectivity index (χ3n) is 1.27. The number of rotatable bonds is 2. The van der Waals surface area contributed by atoms with E-state index in [4.69, 9.17) is 0 Å². The summed E-state index contributed by atoms with van der Waals surface area (Å²) >= 11 is 1.86. The molecule has 0 radical (unpaired) electrons. The Hall–Kier alpha value is -0.150. The lowest BCUT2D eigenvalue weighted by Crippen LogP contribution is -2.29. The van der Waals surface area contributed by atoms with Gasteiger partial charge in [0.25, 0.3) is 0 Å². The Bertz CT molecular complexity index is 370. The van der Waals surface area contributed by atoms with Gasteiger partial charge in [-0.3, -0.25) is 0 Å². The molecule has 0 amide bonds. The van der Waals surface area contributed by atoms with E-state index in [1.807, 2.05) is 22.6 Å². The van der Waals surface area contributed by atoms with Crippen molar-refractivity contribution in [3.05, 3.63) is 16.2 Å². The molecular formula is C5H8IN3O2S. The molecule has 0 unspecified atom stereocenters. The fourth-order valence-corrected chi connectivity index (χ4v) is 2.49. The van der Waals surface area contributed by atoms with Gasteiger partial charge >= 0.3 is 10.2 Å². The lowest BCUT2D eigenvalue weighted by atomic mass is 11.0. The van der Waals surface area contributed by atoms with Crippen LogP contribution in [-0.4, -0.2) is 35.8 Å². The Morgan fingerprint density at radius 1 is 1.58 bits per heavy atom. The molecule has 12 heavy (non-hydrogen) atoms. The highest BCUT2D eigenvalue weighted by Gasteiger charge is 2.17. The van der Waals surface area contributed by atoms with Crippen LogP contribution in [0.4, 0.5) is 0 Å². The van der Waals surface area contributed by atoms with Crippen molar-refractivity contribution in [1.82, 2.24) is 13.3 Å².